The number of halogens is 3. The minimum absolute atomic E-state index is 0.249. The molecule has 15 heavy (non-hydrogen) atoms. The topological polar surface area (TPSA) is 60.2 Å². The second-order valence-electron chi connectivity index (χ2n) is 2.60. The molecule has 0 unspecified atom stereocenters. The van der Waals surface area contributed by atoms with Crippen LogP contribution in [-0.2, 0) is 0 Å². The molecule has 80 valence electrons. The number of nitro benzene ring substituents is 1. The van der Waals surface area contributed by atoms with Crippen molar-refractivity contribution in [2.45, 2.75) is 0 Å². The van der Waals surface area contributed by atoms with Gasteiger partial charge in [-0.05, 0) is 12.1 Å². The highest BCUT2D eigenvalue weighted by atomic mass is 79.9. The lowest BCUT2D eigenvalue weighted by molar-refractivity contribution is -0.387. The highest BCUT2D eigenvalue weighted by Crippen LogP contribution is 2.27. The smallest absolute Gasteiger partial charge is 0.293 e. The van der Waals surface area contributed by atoms with E-state index in [0.29, 0.717) is 0 Å². The van der Waals surface area contributed by atoms with E-state index in [4.69, 9.17) is 11.6 Å². The van der Waals surface area contributed by atoms with Gasteiger partial charge in [-0.15, -0.1) is 11.6 Å². The Morgan fingerprint density at radius 1 is 1.60 bits per heavy atom. The molecule has 1 aromatic carbocycles. The van der Waals surface area contributed by atoms with Gasteiger partial charge in [0, 0.05) is 4.47 Å². The second kappa shape index (κ2) is 4.67. The molecule has 0 aromatic heterocycles. The van der Waals surface area contributed by atoms with Gasteiger partial charge < -0.3 is 0 Å². The third-order valence-electron chi connectivity index (χ3n) is 1.63. The zero-order chi connectivity index (χ0) is 11.6. The number of nitrogens with zero attached hydrogens (tertiary/aromatic N) is 1. The van der Waals surface area contributed by atoms with Gasteiger partial charge in [0.05, 0.1) is 10.8 Å². The summed E-state index contributed by atoms with van der Waals surface area (Å²) in [6, 6.07) is 2.09. The summed E-state index contributed by atoms with van der Waals surface area (Å²) in [5, 5.41) is 10.5. The molecule has 0 heterocycles. The first kappa shape index (κ1) is 12.1. The minimum atomic E-state index is -1.07. The quantitative estimate of drug-likeness (QED) is 0.373. The molecule has 0 fully saturated rings. The summed E-state index contributed by atoms with van der Waals surface area (Å²) in [5.74, 6) is -2.19. The van der Waals surface area contributed by atoms with Crippen molar-refractivity contribution in [3.63, 3.8) is 0 Å². The van der Waals surface area contributed by atoms with Crippen molar-refractivity contribution in [1.29, 1.82) is 0 Å². The maximum Gasteiger partial charge on any atom is 0.315 e. The van der Waals surface area contributed by atoms with Crippen molar-refractivity contribution in [3.05, 3.63) is 38.1 Å². The normalized spacial score (nSPS) is 10.1. The molecule has 0 aliphatic carbocycles. The van der Waals surface area contributed by atoms with Gasteiger partial charge >= 0.3 is 5.69 Å². The van der Waals surface area contributed by atoms with Gasteiger partial charge in [0.15, 0.2) is 5.78 Å². The van der Waals surface area contributed by atoms with Gasteiger partial charge in [-0.3, -0.25) is 14.9 Å². The number of hydrogen-bond donors (Lipinski definition) is 0. The molecule has 1 aromatic rings. The number of benzene rings is 1. The summed E-state index contributed by atoms with van der Waals surface area (Å²) in [6.45, 7) is 0. The summed E-state index contributed by atoms with van der Waals surface area (Å²) in [6.07, 6.45) is 0. The Morgan fingerprint density at radius 2 is 2.20 bits per heavy atom. The van der Waals surface area contributed by atoms with E-state index >= 15 is 0 Å². The van der Waals surface area contributed by atoms with Gasteiger partial charge in [-0.25, -0.2) is 0 Å². The molecule has 0 saturated carbocycles. The van der Waals surface area contributed by atoms with Gasteiger partial charge in [0.2, 0.25) is 5.82 Å². The first-order chi connectivity index (χ1) is 6.97. The van der Waals surface area contributed by atoms with Crippen LogP contribution in [-0.4, -0.2) is 16.6 Å². The van der Waals surface area contributed by atoms with Crippen molar-refractivity contribution in [3.8, 4) is 0 Å². The Labute approximate surface area is 97.3 Å². The molecule has 0 bridgehead atoms. The lowest BCUT2D eigenvalue weighted by Crippen LogP contribution is -2.07. The predicted molar refractivity (Wildman–Crippen MR) is 55.8 cm³/mol. The maximum absolute atomic E-state index is 13.2. The molecule has 0 N–H and O–H groups in total. The fraction of sp³-hybridized carbons (Fsp3) is 0.125. The maximum atomic E-state index is 13.2. The molecule has 1 rings (SSSR count). The van der Waals surface area contributed by atoms with Crippen LogP contribution in [0.2, 0.25) is 0 Å². The Kier molecular flexibility index (Phi) is 3.76. The summed E-state index contributed by atoms with van der Waals surface area (Å²) in [4.78, 5) is 20.8. The summed E-state index contributed by atoms with van der Waals surface area (Å²) in [7, 11) is 0. The van der Waals surface area contributed by atoms with Crippen molar-refractivity contribution in [2.75, 3.05) is 5.88 Å². The van der Waals surface area contributed by atoms with Crippen LogP contribution in [0.25, 0.3) is 0 Å². The Bertz CT molecular complexity index is 438. The van der Waals surface area contributed by atoms with Gasteiger partial charge in [0.25, 0.3) is 0 Å². The van der Waals surface area contributed by atoms with E-state index in [2.05, 4.69) is 15.9 Å². The number of hydrogen-bond acceptors (Lipinski definition) is 3. The first-order valence-electron chi connectivity index (χ1n) is 3.70. The fourth-order valence-electron chi connectivity index (χ4n) is 1.04. The van der Waals surface area contributed by atoms with Crippen molar-refractivity contribution in [2.24, 2.45) is 0 Å². The highest BCUT2D eigenvalue weighted by molar-refractivity contribution is 9.10. The summed E-state index contributed by atoms with van der Waals surface area (Å²) >= 11 is 8.19. The Hall–Kier alpha value is -1.01. The minimum Gasteiger partial charge on any atom is -0.293 e. The highest BCUT2D eigenvalue weighted by Gasteiger charge is 2.25. The SMILES string of the molecule is O=C(CCl)c1cc(Br)cc(F)c1[N+](=O)[O-]. The van der Waals surface area contributed by atoms with Gasteiger partial charge in [-0.2, -0.15) is 4.39 Å². The molecule has 0 amide bonds. The third-order valence-corrected chi connectivity index (χ3v) is 2.33. The van der Waals surface area contributed by atoms with Crippen LogP contribution >= 0.6 is 27.5 Å². The molecule has 0 atom stereocenters. The van der Waals surface area contributed by atoms with Crippen LogP contribution in [0, 0.1) is 15.9 Å². The number of ketones is 1. The second-order valence-corrected chi connectivity index (χ2v) is 3.78. The molecule has 0 aliphatic rings. The molecular weight excluding hydrogens is 292 g/mol. The largest absolute Gasteiger partial charge is 0.315 e. The van der Waals surface area contributed by atoms with E-state index in [1.165, 1.54) is 6.07 Å². The van der Waals surface area contributed by atoms with Gasteiger partial charge in [0.1, 0.15) is 5.56 Å². The number of alkyl halides is 1. The van der Waals surface area contributed by atoms with Crippen LogP contribution in [0.5, 0.6) is 0 Å². The fourth-order valence-corrected chi connectivity index (χ4v) is 1.61. The number of carbonyl (C=O) groups is 1. The van der Waals surface area contributed by atoms with Gasteiger partial charge in [-0.1, -0.05) is 15.9 Å². The monoisotopic (exact) mass is 295 g/mol. The number of nitro groups is 1. The van der Waals surface area contributed by atoms with Crippen LogP contribution < -0.4 is 0 Å². The third kappa shape index (κ3) is 2.51. The molecule has 0 spiro atoms. The molecule has 0 saturated heterocycles. The van der Waals surface area contributed by atoms with Crippen LogP contribution in [0.4, 0.5) is 10.1 Å². The van der Waals surface area contributed by atoms with Crippen molar-refractivity contribution < 1.29 is 14.1 Å². The average molecular weight is 296 g/mol. The lowest BCUT2D eigenvalue weighted by atomic mass is 10.1. The summed E-state index contributed by atoms with van der Waals surface area (Å²) in [5.41, 5.74) is -1.18. The van der Waals surface area contributed by atoms with E-state index in [9.17, 15) is 19.3 Å². The molecule has 4 nitrogen and oxygen atoms in total. The Morgan fingerprint density at radius 3 is 2.67 bits per heavy atom. The van der Waals surface area contributed by atoms with E-state index < -0.39 is 28.1 Å². The van der Waals surface area contributed by atoms with Crippen molar-refractivity contribution in [1.82, 2.24) is 0 Å². The standard InChI is InChI=1S/C8H4BrClFNO3/c9-4-1-5(7(13)3-10)8(12(14)15)6(11)2-4/h1-2H,3H2. The van der Waals surface area contributed by atoms with E-state index in [1.807, 2.05) is 0 Å². The molecule has 0 radical (unpaired) electrons. The van der Waals surface area contributed by atoms with E-state index in [1.54, 1.807) is 0 Å². The first-order valence-corrected chi connectivity index (χ1v) is 5.02. The van der Waals surface area contributed by atoms with Crippen molar-refractivity contribution >= 4 is 39.0 Å². The predicted octanol–water partition coefficient (Wildman–Crippen LogP) is 2.92. The van der Waals surface area contributed by atoms with E-state index in [0.717, 1.165) is 6.07 Å². The Balaban J connectivity index is 3.46. The van der Waals surface area contributed by atoms with Crippen LogP contribution in [0.1, 0.15) is 10.4 Å². The molecule has 7 heteroatoms. The lowest BCUT2D eigenvalue weighted by Gasteiger charge is -2.01. The number of Topliss-reactive ketones (excluding diaryl/α,β-unsaturated/α-hetero) is 1. The van der Waals surface area contributed by atoms with Crippen LogP contribution in [0.15, 0.2) is 16.6 Å². The zero-order valence-electron chi connectivity index (χ0n) is 7.17. The molecule has 0 aliphatic heterocycles. The number of carbonyl (C=O) groups excluding carboxylic acids is 1. The molecular formula is C8H4BrClFNO3. The van der Waals surface area contributed by atoms with E-state index in [-0.39, 0.29) is 10.0 Å². The summed E-state index contributed by atoms with van der Waals surface area (Å²) < 4.78 is 13.4. The van der Waals surface area contributed by atoms with Crippen LogP contribution in [0.3, 0.4) is 0 Å². The average Bonchev–Trinajstić information content (AvgIpc) is 2.14. The number of rotatable bonds is 3. The zero-order valence-corrected chi connectivity index (χ0v) is 9.51.